The maximum absolute atomic E-state index is 12.3. The second-order valence-corrected chi connectivity index (χ2v) is 10.4. The molecule has 0 saturated carbocycles. The van der Waals surface area contributed by atoms with Crippen LogP contribution in [-0.2, 0) is 21.8 Å². The average molecular weight is 350 g/mol. The van der Waals surface area contributed by atoms with E-state index in [1.807, 2.05) is 30.5 Å². The lowest BCUT2D eigenvalue weighted by molar-refractivity contribution is 0.259. The van der Waals surface area contributed by atoms with Gasteiger partial charge in [0, 0.05) is 16.3 Å². The van der Waals surface area contributed by atoms with Crippen LogP contribution in [0.1, 0.15) is 42.1 Å². The number of thiophene rings is 1. The molecule has 0 bridgehead atoms. The highest BCUT2D eigenvalue weighted by Gasteiger charge is 2.36. The molecule has 124 valence electrons. The molecule has 5 heteroatoms. The Balaban J connectivity index is 1.82. The number of rotatable bonds is 3. The molecule has 3 nitrogen and oxygen atoms in total. The molecule has 1 aromatic heterocycles. The van der Waals surface area contributed by atoms with E-state index in [1.54, 1.807) is 12.1 Å². The van der Waals surface area contributed by atoms with Crippen molar-refractivity contribution in [3.8, 4) is 0 Å². The van der Waals surface area contributed by atoms with Crippen molar-refractivity contribution in [1.29, 1.82) is 0 Å². The van der Waals surface area contributed by atoms with Crippen molar-refractivity contribution in [3.63, 3.8) is 0 Å². The number of benzene rings is 1. The lowest BCUT2D eigenvalue weighted by Gasteiger charge is -2.23. The summed E-state index contributed by atoms with van der Waals surface area (Å²) < 4.78 is 24.7. The molecule has 0 saturated heterocycles. The molecule has 1 aliphatic heterocycles. The molecule has 1 aromatic carbocycles. The van der Waals surface area contributed by atoms with E-state index in [4.69, 9.17) is 0 Å². The van der Waals surface area contributed by atoms with Gasteiger partial charge in [-0.2, -0.15) is 0 Å². The van der Waals surface area contributed by atoms with Gasteiger partial charge >= 0.3 is 0 Å². The Hall–Kier alpha value is -1.17. The Morgan fingerprint density at radius 1 is 1.17 bits per heavy atom. The Morgan fingerprint density at radius 3 is 2.52 bits per heavy atom. The van der Waals surface area contributed by atoms with Crippen molar-refractivity contribution in [3.05, 3.63) is 51.7 Å². The largest absolute Gasteiger partial charge is 0.293 e. The van der Waals surface area contributed by atoms with Crippen LogP contribution in [-0.4, -0.2) is 26.1 Å². The summed E-state index contributed by atoms with van der Waals surface area (Å²) in [4.78, 5) is 5.29. The third kappa shape index (κ3) is 3.23. The molecule has 3 rings (SSSR count). The first-order valence-electron chi connectivity index (χ1n) is 7.79. The summed E-state index contributed by atoms with van der Waals surface area (Å²) in [6.45, 7) is 7.42. The Labute approximate surface area is 142 Å². The van der Waals surface area contributed by atoms with E-state index in [0.717, 1.165) is 12.1 Å². The summed E-state index contributed by atoms with van der Waals surface area (Å²) in [5.41, 5.74) is 1.09. The van der Waals surface area contributed by atoms with Crippen molar-refractivity contribution < 1.29 is 8.42 Å². The summed E-state index contributed by atoms with van der Waals surface area (Å²) in [6.07, 6.45) is 0. The van der Waals surface area contributed by atoms with Crippen LogP contribution in [0, 0.1) is 0 Å². The minimum atomic E-state index is -3.15. The highest BCUT2D eigenvalue weighted by Crippen LogP contribution is 2.38. The smallest absolute Gasteiger partial charge is 0.180 e. The molecule has 0 aliphatic carbocycles. The fourth-order valence-electron chi connectivity index (χ4n) is 3.01. The van der Waals surface area contributed by atoms with Gasteiger partial charge in [-0.3, -0.25) is 4.90 Å². The second-order valence-electron chi connectivity index (χ2n) is 7.27. The van der Waals surface area contributed by atoms with Crippen LogP contribution >= 0.6 is 11.3 Å². The van der Waals surface area contributed by atoms with Gasteiger partial charge in [-0.25, -0.2) is 8.42 Å². The average Bonchev–Trinajstić information content (AvgIpc) is 3.02. The third-order valence-corrected chi connectivity index (χ3v) is 7.62. The maximum atomic E-state index is 12.3. The minimum Gasteiger partial charge on any atom is -0.293 e. The molecule has 2 aromatic rings. The monoisotopic (exact) mass is 349 g/mol. The zero-order chi connectivity index (χ0) is 16.8. The second kappa shape index (κ2) is 5.72. The van der Waals surface area contributed by atoms with E-state index in [9.17, 15) is 8.42 Å². The van der Waals surface area contributed by atoms with Gasteiger partial charge in [-0.1, -0.05) is 39.0 Å². The van der Waals surface area contributed by atoms with Gasteiger partial charge in [0.1, 0.15) is 0 Å². The lowest BCUT2D eigenvalue weighted by Crippen LogP contribution is -2.25. The van der Waals surface area contributed by atoms with Gasteiger partial charge in [-0.15, -0.1) is 11.3 Å². The van der Waals surface area contributed by atoms with Crippen LogP contribution in [0.5, 0.6) is 0 Å². The number of sulfone groups is 1. The molecule has 1 aliphatic rings. The van der Waals surface area contributed by atoms with Crippen LogP contribution in [0.4, 0.5) is 0 Å². The van der Waals surface area contributed by atoms with Crippen LogP contribution in [0.2, 0.25) is 0 Å². The first-order chi connectivity index (χ1) is 10.7. The molecule has 0 N–H and O–H groups in total. The molecule has 0 amide bonds. The first kappa shape index (κ1) is 16.7. The summed E-state index contributed by atoms with van der Waals surface area (Å²) in [7, 11) is -1.14. The van der Waals surface area contributed by atoms with Crippen molar-refractivity contribution in [2.45, 2.75) is 43.7 Å². The van der Waals surface area contributed by atoms with Gasteiger partial charge in [0.25, 0.3) is 0 Å². The summed E-state index contributed by atoms with van der Waals surface area (Å²) in [6, 6.07) is 11.7. The molecule has 2 heterocycles. The normalized spacial score (nSPS) is 20.0. The maximum Gasteiger partial charge on any atom is 0.180 e. The van der Waals surface area contributed by atoms with Crippen LogP contribution in [0.3, 0.4) is 0 Å². The third-order valence-electron chi connectivity index (χ3n) is 4.33. The van der Waals surface area contributed by atoms with E-state index in [1.165, 1.54) is 9.75 Å². The van der Waals surface area contributed by atoms with Gasteiger partial charge in [-0.05, 0) is 36.2 Å². The lowest BCUT2D eigenvalue weighted by atomic mass is 9.95. The van der Waals surface area contributed by atoms with Gasteiger partial charge in [0.15, 0.2) is 9.84 Å². The summed E-state index contributed by atoms with van der Waals surface area (Å²) in [5.74, 6) is 0.181. The number of hydrogen-bond donors (Lipinski definition) is 0. The molecule has 1 unspecified atom stereocenters. The Kier molecular flexibility index (Phi) is 4.15. The molecular formula is C18H23NO2S2. The van der Waals surface area contributed by atoms with Crippen molar-refractivity contribution in [2.24, 2.45) is 0 Å². The van der Waals surface area contributed by atoms with Crippen molar-refractivity contribution >= 4 is 21.2 Å². The zero-order valence-electron chi connectivity index (χ0n) is 14.0. The first-order valence-corrected chi connectivity index (χ1v) is 10.3. The van der Waals surface area contributed by atoms with Crippen LogP contribution in [0.15, 0.2) is 41.3 Å². The fourth-order valence-corrected chi connectivity index (χ4v) is 6.02. The number of nitrogens with zero attached hydrogens (tertiary/aromatic N) is 1. The summed E-state index contributed by atoms with van der Waals surface area (Å²) >= 11 is 1.82. The number of fused-ring (bicyclic) bond motifs is 1. The molecule has 0 spiro atoms. The standard InChI is InChI=1S/C18H23NO2S2/c1-18(2,3)17-10-9-13(22-17)11-19(4)15-12-23(20,21)16-8-6-5-7-14(15)16/h5-10,15H,11-12H2,1-4H3. The van der Waals surface area contributed by atoms with E-state index in [0.29, 0.717) is 4.90 Å². The van der Waals surface area contributed by atoms with E-state index in [-0.39, 0.29) is 17.2 Å². The highest BCUT2D eigenvalue weighted by atomic mass is 32.2. The highest BCUT2D eigenvalue weighted by molar-refractivity contribution is 7.91. The molecular weight excluding hydrogens is 326 g/mol. The van der Waals surface area contributed by atoms with Gasteiger partial charge in [0.05, 0.1) is 16.7 Å². The van der Waals surface area contributed by atoms with Gasteiger partial charge in [0.2, 0.25) is 0 Å². The van der Waals surface area contributed by atoms with Crippen molar-refractivity contribution in [1.82, 2.24) is 4.90 Å². The summed E-state index contributed by atoms with van der Waals surface area (Å²) in [5, 5.41) is 0. The SMILES string of the molecule is CN(Cc1ccc(C(C)(C)C)s1)C1CS(=O)(=O)c2ccccc21. The Bertz CT molecular complexity index is 816. The van der Waals surface area contributed by atoms with E-state index < -0.39 is 9.84 Å². The molecule has 1 atom stereocenters. The van der Waals surface area contributed by atoms with Crippen molar-refractivity contribution in [2.75, 3.05) is 12.8 Å². The van der Waals surface area contributed by atoms with Crippen LogP contribution < -0.4 is 0 Å². The molecule has 0 radical (unpaired) electrons. The topological polar surface area (TPSA) is 37.4 Å². The Morgan fingerprint density at radius 2 is 1.87 bits per heavy atom. The molecule has 23 heavy (non-hydrogen) atoms. The predicted molar refractivity (Wildman–Crippen MR) is 95.7 cm³/mol. The fraction of sp³-hybridized carbons (Fsp3) is 0.444. The quantitative estimate of drug-likeness (QED) is 0.840. The predicted octanol–water partition coefficient (Wildman–Crippen LogP) is 4.01. The van der Waals surface area contributed by atoms with E-state index >= 15 is 0 Å². The molecule has 0 fully saturated rings. The number of hydrogen-bond acceptors (Lipinski definition) is 4. The minimum absolute atomic E-state index is 0.0589. The van der Waals surface area contributed by atoms with Gasteiger partial charge < -0.3 is 0 Å². The zero-order valence-corrected chi connectivity index (χ0v) is 15.7. The van der Waals surface area contributed by atoms with Crippen LogP contribution in [0.25, 0.3) is 0 Å². The van der Waals surface area contributed by atoms with E-state index in [2.05, 4.69) is 37.8 Å².